The van der Waals surface area contributed by atoms with Crippen molar-refractivity contribution in [3.05, 3.63) is 12.2 Å². The van der Waals surface area contributed by atoms with Crippen molar-refractivity contribution >= 4 is 27.5 Å². The van der Waals surface area contributed by atoms with Crippen LogP contribution in [0.15, 0.2) is 12.2 Å². The molecular formula is C67H130N2O19P2. The maximum Gasteiger partial charge on any atom is 0.472 e. The molecule has 0 aromatic heterocycles. The van der Waals surface area contributed by atoms with Gasteiger partial charge in [-0.3, -0.25) is 18.6 Å². The summed E-state index contributed by atoms with van der Waals surface area (Å²) in [4.78, 5) is 69.5. The number of carbonyl (C=O) groups excluding carboxylic acids is 2. The highest BCUT2D eigenvalue weighted by Crippen LogP contribution is 2.44. The highest BCUT2D eigenvalue weighted by molar-refractivity contribution is 7.46. The van der Waals surface area contributed by atoms with Crippen molar-refractivity contribution in [1.82, 2.24) is 10.6 Å². The molecule has 2 aliphatic rings. The summed E-state index contributed by atoms with van der Waals surface area (Å²) in [6.07, 6.45) is 31.4. The number of phosphoric ester groups is 2. The SMILES string of the molecule is CCCCCCC=CCCCCCCCCCC(=O)N[C@H]1[C@H](OC[C@H]2O[C@H](OP(=O)(O)O)[C@H](NC(=O)CC(CCCCCCCCCCC)OC)[C@@H](OCCCCCCCCCC)[C@@H]2O)O[C@H](COC)[C@@H](OP(=O)(O)O)[C@@H]1OCCC(CCCCCCC)OC. The van der Waals surface area contributed by atoms with E-state index in [4.69, 9.17) is 46.9 Å². The first-order valence-electron chi connectivity index (χ1n) is 35.5. The van der Waals surface area contributed by atoms with Crippen LogP contribution in [0.25, 0.3) is 0 Å². The highest BCUT2D eigenvalue weighted by atomic mass is 31.2. The fraction of sp³-hybridized carbons (Fsp3) is 0.940. The zero-order valence-corrected chi connectivity index (χ0v) is 58.8. The summed E-state index contributed by atoms with van der Waals surface area (Å²) in [5.74, 6) is -0.939. The molecule has 2 saturated heterocycles. The summed E-state index contributed by atoms with van der Waals surface area (Å²) in [6.45, 7) is 8.06. The van der Waals surface area contributed by atoms with Crippen LogP contribution in [0.3, 0.4) is 0 Å². The lowest BCUT2D eigenvalue weighted by Crippen LogP contribution is -2.67. The van der Waals surface area contributed by atoms with Crippen LogP contribution in [-0.4, -0.2) is 158 Å². The molecule has 7 N–H and O–H groups in total. The number of nitrogens with one attached hydrogen (secondary N) is 2. The third-order valence-corrected chi connectivity index (χ3v) is 18.3. The van der Waals surface area contributed by atoms with Crippen molar-refractivity contribution in [2.24, 2.45) is 0 Å². The molecule has 0 spiro atoms. The van der Waals surface area contributed by atoms with Gasteiger partial charge in [-0.2, -0.15) is 0 Å². The van der Waals surface area contributed by atoms with Crippen molar-refractivity contribution in [3.63, 3.8) is 0 Å². The minimum absolute atomic E-state index is 0.0223. The van der Waals surface area contributed by atoms with E-state index in [1.54, 1.807) is 7.11 Å². The van der Waals surface area contributed by atoms with Gasteiger partial charge in [0.15, 0.2) is 12.6 Å². The molecule has 2 amide bonds. The van der Waals surface area contributed by atoms with Gasteiger partial charge in [0, 0.05) is 41.0 Å². The first-order valence-corrected chi connectivity index (χ1v) is 38.6. The Morgan fingerprint density at radius 3 is 1.40 bits per heavy atom. The van der Waals surface area contributed by atoms with Gasteiger partial charge >= 0.3 is 15.6 Å². The van der Waals surface area contributed by atoms with Gasteiger partial charge in [0.25, 0.3) is 0 Å². The zero-order chi connectivity index (χ0) is 66.1. The van der Waals surface area contributed by atoms with Gasteiger partial charge in [-0.25, -0.2) is 9.13 Å². The highest BCUT2D eigenvalue weighted by Gasteiger charge is 2.53. The Labute approximate surface area is 544 Å². The molecule has 0 saturated carbocycles. The number of allylic oxidation sites excluding steroid dienone is 2. The molecule has 0 aromatic carbocycles. The molecule has 2 aliphatic heterocycles. The molecular weight excluding hydrogens is 1200 g/mol. The summed E-state index contributed by atoms with van der Waals surface area (Å²) in [6, 6.07) is -2.72. The van der Waals surface area contributed by atoms with E-state index in [0.29, 0.717) is 25.7 Å². The number of hydrogen-bond donors (Lipinski definition) is 7. The van der Waals surface area contributed by atoms with E-state index in [2.05, 4.69) is 50.5 Å². The molecule has 532 valence electrons. The summed E-state index contributed by atoms with van der Waals surface area (Å²) < 4.78 is 85.5. The standard InChI is InChI=1S/C67H130N2O19P2/c1-8-12-16-20-23-26-27-28-29-30-31-33-35-39-43-47-58(70)68-61-65(83-50-48-54(80-6)45-41-37-19-15-11-4)63(87-89(73,74)75)57(52-79-5)86-66(61)84-53-56-62(72)64(82-49-44-40-36-25-22-18-14-10-3)60(67(85-56)88-90(76,77)78)69-59(71)51-55(81-7)46-42-38-34-32-24-21-17-13-9-2/h26-27,54-57,60-67,72H,8-25,28-53H2,1-7H3,(H,68,70)(H,69,71)(H2,73,74,75)(H2,76,77,78)/t54?,55?,56-,57-,60-,61-,62-,63-,64-,65-,66-,67-/m1/s1. The first-order chi connectivity index (χ1) is 43.4. The van der Waals surface area contributed by atoms with Crippen LogP contribution < -0.4 is 10.6 Å². The molecule has 0 bridgehead atoms. The normalized spacial score (nSPS) is 23.2. The predicted molar refractivity (Wildman–Crippen MR) is 353 cm³/mol. The van der Waals surface area contributed by atoms with E-state index in [1.165, 1.54) is 78.4 Å². The molecule has 12 atom stereocenters. The molecule has 0 aromatic rings. The molecule has 2 unspecified atom stereocenters. The zero-order valence-electron chi connectivity index (χ0n) is 57.0. The van der Waals surface area contributed by atoms with Gasteiger partial charge in [-0.05, 0) is 57.8 Å². The molecule has 21 nitrogen and oxygen atoms in total. The summed E-state index contributed by atoms with van der Waals surface area (Å²) >= 11 is 0. The molecule has 0 radical (unpaired) electrons. The second kappa shape index (κ2) is 53.7. The third-order valence-electron chi connectivity index (χ3n) is 17.3. The molecule has 90 heavy (non-hydrogen) atoms. The van der Waals surface area contributed by atoms with Crippen molar-refractivity contribution in [3.8, 4) is 0 Å². The smallest absolute Gasteiger partial charge is 0.388 e. The molecule has 2 rings (SSSR count). The van der Waals surface area contributed by atoms with Crippen LogP contribution in [0.4, 0.5) is 0 Å². The second-order valence-corrected chi connectivity index (χ2v) is 27.6. The van der Waals surface area contributed by atoms with E-state index in [0.717, 1.165) is 154 Å². The Morgan fingerprint density at radius 1 is 0.456 bits per heavy atom. The minimum Gasteiger partial charge on any atom is -0.388 e. The van der Waals surface area contributed by atoms with Crippen LogP contribution in [0.2, 0.25) is 0 Å². The molecule has 23 heteroatoms. The first kappa shape index (κ1) is 84.6. The molecule has 2 heterocycles. The van der Waals surface area contributed by atoms with Gasteiger partial charge in [0.1, 0.15) is 48.7 Å². The van der Waals surface area contributed by atoms with Crippen LogP contribution in [-0.2, 0) is 65.7 Å². The monoisotopic (exact) mass is 1330 g/mol. The van der Waals surface area contributed by atoms with Crippen molar-refractivity contribution in [2.45, 2.75) is 358 Å². The van der Waals surface area contributed by atoms with Crippen LogP contribution in [0, 0.1) is 0 Å². The Bertz CT molecular complexity index is 1870. The number of unbranched alkanes of at least 4 members (excludes halogenated alkanes) is 30. The third kappa shape index (κ3) is 40.8. The van der Waals surface area contributed by atoms with Crippen molar-refractivity contribution < 1.29 is 90.3 Å². The van der Waals surface area contributed by atoms with Gasteiger partial charge in [0.05, 0.1) is 31.8 Å². The molecule has 0 aliphatic carbocycles. The van der Waals surface area contributed by atoms with Crippen molar-refractivity contribution in [2.75, 3.05) is 47.8 Å². The lowest BCUT2D eigenvalue weighted by molar-refractivity contribution is -0.301. The number of methoxy groups -OCH3 is 3. The van der Waals surface area contributed by atoms with Gasteiger partial charge < -0.3 is 73.2 Å². The number of hydrogen-bond acceptors (Lipinski definition) is 15. The number of aliphatic hydroxyl groups is 1. The van der Waals surface area contributed by atoms with Crippen LogP contribution in [0.1, 0.15) is 285 Å². The Kier molecular flexibility index (Phi) is 50.5. The lowest BCUT2D eigenvalue weighted by Gasteiger charge is -2.47. The second-order valence-electron chi connectivity index (χ2n) is 25.2. The number of amides is 2. The number of ether oxygens (including phenoxy) is 8. The largest absolute Gasteiger partial charge is 0.472 e. The number of aliphatic hydroxyl groups excluding tert-OH is 1. The maximum absolute atomic E-state index is 14.2. The fourth-order valence-electron chi connectivity index (χ4n) is 12.0. The average Bonchev–Trinajstić information content (AvgIpc) is 0.855. The number of rotatable bonds is 60. The summed E-state index contributed by atoms with van der Waals surface area (Å²) in [5, 5.41) is 18.2. The average molecular weight is 1330 g/mol. The Morgan fingerprint density at radius 2 is 0.889 bits per heavy atom. The Hall–Kier alpha value is -1.46. The predicted octanol–water partition coefficient (Wildman–Crippen LogP) is 14.1. The van der Waals surface area contributed by atoms with Crippen LogP contribution in [0.5, 0.6) is 0 Å². The van der Waals surface area contributed by atoms with E-state index in [1.807, 2.05) is 0 Å². The lowest BCUT2D eigenvalue weighted by atomic mass is 9.95. The Balaban J connectivity index is 2.47. The van der Waals surface area contributed by atoms with E-state index < -0.39 is 101 Å². The van der Waals surface area contributed by atoms with Gasteiger partial charge in [0.2, 0.25) is 11.8 Å². The number of phosphoric acid groups is 2. The van der Waals surface area contributed by atoms with E-state index >= 15 is 0 Å². The topological polar surface area (TPSA) is 286 Å². The minimum atomic E-state index is -5.36. The fourth-order valence-corrected chi connectivity index (χ4v) is 13.0. The molecule has 2 fully saturated rings. The van der Waals surface area contributed by atoms with Crippen molar-refractivity contribution in [1.29, 1.82) is 0 Å². The summed E-state index contributed by atoms with van der Waals surface area (Å²) in [5.41, 5.74) is 0. The maximum atomic E-state index is 14.2. The van der Waals surface area contributed by atoms with Crippen LogP contribution >= 0.6 is 15.6 Å². The van der Waals surface area contributed by atoms with Gasteiger partial charge in [-0.15, -0.1) is 0 Å². The van der Waals surface area contributed by atoms with E-state index in [9.17, 15) is 43.4 Å². The summed E-state index contributed by atoms with van der Waals surface area (Å²) in [7, 11) is -6.08. The van der Waals surface area contributed by atoms with E-state index in [-0.39, 0.29) is 38.8 Å². The quantitative estimate of drug-likeness (QED) is 0.0169. The van der Waals surface area contributed by atoms with Gasteiger partial charge in [-0.1, -0.05) is 226 Å². The number of carbonyl (C=O) groups is 2.